The van der Waals surface area contributed by atoms with E-state index in [1.54, 1.807) is 23.9 Å². The Morgan fingerprint density at radius 3 is 2.10 bits per heavy atom. The van der Waals surface area contributed by atoms with Gasteiger partial charge in [-0.05, 0) is 31.2 Å². The zero-order valence-corrected chi connectivity index (χ0v) is 13.7. The topological polar surface area (TPSA) is 63.6 Å². The van der Waals surface area contributed by atoms with Crippen LogP contribution in [0.4, 0.5) is 15.3 Å². The third-order valence-corrected chi connectivity index (χ3v) is 5.03. The summed E-state index contributed by atoms with van der Waals surface area (Å²) in [5, 5.41) is 8.84. The van der Waals surface area contributed by atoms with Gasteiger partial charge in [-0.2, -0.15) is 4.79 Å². The number of amides is 1. The first kappa shape index (κ1) is 16.9. The summed E-state index contributed by atoms with van der Waals surface area (Å²) < 4.78 is 3.96. The van der Waals surface area contributed by atoms with Crippen LogP contribution >= 0.6 is 23.7 Å². The van der Waals surface area contributed by atoms with Crippen molar-refractivity contribution in [1.82, 2.24) is 3.89 Å². The molecule has 20 heavy (non-hydrogen) atoms. The maximum atomic E-state index is 11.6. The highest BCUT2D eigenvalue weighted by atomic mass is 32.2. The Morgan fingerprint density at radius 2 is 1.75 bits per heavy atom. The lowest BCUT2D eigenvalue weighted by Gasteiger charge is -2.24. The standard InChI is InChI=1S/C13H17NO4S2/c1-8-6-10(7-9(2)11(8)19-5)14(3,12(15)16)20-13(17)18-4/h6-7H,1-5H3/p+1. The summed E-state index contributed by atoms with van der Waals surface area (Å²) in [6.07, 6.45) is 0.847. The third-order valence-electron chi connectivity index (χ3n) is 2.93. The molecule has 110 valence electrons. The summed E-state index contributed by atoms with van der Waals surface area (Å²) in [7, 11) is 2.69. The van der Waals surface area contributed by atoms with E-state index in [-0.39, 0.29) is 0 Å². The first-order chi connectivity index (χ1) is 9.26. The molecule has 0 bridgehead atoms. The molecular weight excluding hydrogens is 298 g/mol. The number of nitrogens with zero attached hydrogens (tertiary/aromatic N) is 1. The van der Waals surface area contributed by atoms with Crippen LogP contribution in [-0.2, 0) is 4.74 Å². The molecule has 0 saturated heterocycles. The molecule has 1 aromatic carbocycles. The smallest absolute Gasteiger partial charge is 0.457 e. The van der Waals surface area contributed by atoms with Gasteiger partial charge in [0.1, 0.15) is 0 Å². The van der Waals surface area contributed by atoms with Gasteiger partial charge in [0.25, 0.3) is 0 Å². The Kier molecular flexibility index (Phi) is 5.50. The first-order valence-electron chi connectivity index (χ1n) is 5.79. The van der Waals surface area contributed by atoms with Crippen molar-refractivity contribution in [2.75, 3.05) is 20.4 Å². The van der Waals surface area contributed by atoms with Crippen molar-refractivity contribution in [3.05, 3.63) is 23.3 Å². The lowest BCUT2D eigenvalue weighted by Crippen LogP contribution is -2.44. The minimum Gasteiger partial charge on any atom is -0.457 e. The fraction of sp³-hybridized carbons (Fsp3) is 0.385. The van der Waals surface area contributed by atoms with Gasteiger partial charge < -0.3 is 9.84 Å². The van der Waals surface area contributed by atoms with Crippen LogP contribution in [0.25, 0.3) is 0 Å². The average Bonchev–Trinajstić information content (AvgIpc) is 2.37. The van der Waals surface area contributed by atoms with Crippen molar-refractivity contribution in [3.8, 4) is 0 Å². The Morgan fingerprint density at radius 1 is 1.25 bits per heavy atom. The molecule has 0 spiro atoms. The minimum atomic E-state index is -1.13. The number of carbonyl (C=O) groups is 2. The van der Waals surface area contributed by atoms with Crippen LogP contribution in [0.2, 0.25) is 0 Å². The molecule has 1 aromatic rings. The summed E-state index contributed by atoms with van der Waals surface area (Å²) in [4.78, 5) is 24.2. The molecular formula is C13H18NO4S2+. The number of ether oxygens (including phenoxy) is 1. The molecule has 1 atom stereocenters. The number of hydrogen-bond acceptors (Lipinski definition) is 5. The Balaban J connectivity index is 3.36. The quantitative estimate of drug-likeness (QED) is 0.384. The van der Waals surface area contributed by atoms with Crippen LogP contribution in [0.3, 0.4) is 0 Å². The van der Waals surface area contributed by atoms with Crippen LogP contribution in [-0.4, -0.2) is 36.9 Å². The van der Waals surface area contributed by atoms with Crippen LogP contribution in [0.5, 0.6) is 0 Å². The molecule has 0 fully saturated rings. The number of hydrogen-bond donors (Lipinski definition) is 1. The van der Waals surface area contributed by atoms with E-state index >= 15 is 0 Å². The molecule has 0 aliphatic carbocycles. The second kappa shape index (κ2) is 6.51. The summed E-state index contributed by atoms with van der Waals surface area (Å²) in [6.45, 7) is 3.86. The van der Waals surface area contributed by atoms with Crippen LogP contribution in [0.15, 0.2) is 17.0 Å². The van der Waals surface area contributed by atoms with E-state index < -0.39 is 15.3 Å². The summed E-state index contributed by atoms with van der Waals surface area (Å²) in [5.74, 6) is 0. The lowest BCUT2D eigenvalue weighted by molar-refractivity contribution is 0.178. The number of methoxy groups -OCH3 is 1. The van der Waals surface area contributed by atoms with Gasteiger partial charge in [-0.25, -0.2) is 4.79 Å². The van der Waals surface area contributed by atoms with Crippen molar-refractivity contribution in [2.45, 2.75) is 18.7 Å². The highest BCUT2D eigenvalue weighted by Crippen LogP contribution is 2.36. The molecule has 1 amide bonds. The SMILES string of the molecule is COC(=O)S[N+](C)(C(=O)O)c1cc(C)c(SC)c(C)c1. The molecule has 1 unspecified atom stereocenters. The van der Waals surface area contributed by atoms with Gasteiger partial charge in [0.2, 0.25) is 11.9 Å². The number of thioether (sulfide) groups is 1. The monoisotopic (exact) mass is 316 g/mol. The third kappa shape index (κ3) is 3.28. The molecule has 0 radical (unpaired) electrons. The predicted molar refractivity (Wildman–Crippen MR) is 83.4 cm³/mol. The number of rotatable bonds is 2. The van der Waals surface area contributed by atoms with E-state index in [1.807, 2.05) is 20.1 Å². The maximum Gasteiger partial charge on any atom is 0.531 e. The zero-order chi connectivity index (χ0) is 15.5. The number of carbonyl (C=O) groups excluding carboxylic acids is 1. The molecule has 0 aromatic heterocycles. The Labute approximate surface area is 127 Å². The van der Waals surface area contributed by atoms with Gasteiger partial charge in [0.15, 0.2) is 5.69 Å². The van der Waals surface area contributed by atoms with Crippen molar-refractivity contribution in [1.29, 1.82) is 0 Å². The van der Waals surface area contributed by atoms with Gasteiger partial charge in [0, 0.05) is 17.0 Å². The van der Waals surface area contributed by atoms with E-state index in [1.165, 1.54) is 14.2 Å². The highest BCUT2D eigenvalue weighted by molar-refractivity contribution is 8.13. The van der Waals surface area contributed by atoms with E-state index in [0.717, 1.165) is 16.0 Å². The van der Waals surface area contributed by atoms with Crippen LogP contribution < -0.4 is 3.89 Å². The molecule has 7 heteroatoms. The summed E-state index contributed by atoms with van der Waals surface area (Å²) >= 11 is 2.22. The van der Waals surface area contributed by atoms with Gasteiger partial charge in [-0.15, -0.1) is 15.7 Å². The van der Waals surface area contributed by atoms with Gasteiger partial charge in [-0.3, -0.25) is 0 Å². The highest BCUT2D eigenvalue weighted by Gasteiger charge is 2.41. The summed E-state index contributed by atoms with van der Waals surface area (Å²) in [6, 6.07) is 3.59. The number of aryl methyl sites for hydroxylation is 2. The second-order valence-corrected chi connectivity index (χ2v) is 6.43. The maximum absolute atomic E-state index is 11.6. The van der Waals surface area contributed by atoms with Crippen molar-refractivity contribution in [2.24, 2.45) is 0 Å². The Hall–Kier alpha value is -1.18. The first-order valence-corrected chi connectivity index (χ1v) is 7.79. The van der Waals surface area contributed by atoms with Crippen molar-refractivity contribution in [3.63, 3.8) is 0 Å². The van der Waals surface area contributed by atoms with Crippen LogP contribution in [0, 0.1) is 13.8 Å². The fourth-order valence-corrected chi connectivity index (χ4v) is 3.31. The number of quaternary nitrogens is 1. The van der Waals surface area contributed by atoms with E-state index in [9.17, 15) is 14.7 Å². The Bertz CT molecular complexity index is 524. The second-order valence-electron chi connectivity index (χ2n) is 4.36. The molecule has 1 rings (SSSR count). The van der Waals surface area contributed by atoms with Crippen molar-refractivity contribution < 1.29 is 19.4 Å². The van der Waals surface area contributed by atoms with Crippen LogP contribution in [0.1, 0.15) is 11.1 Å². The number of benzene rings is 1. The predicted octanol–water partition coefficient (Wildman–Crippen LogP) is 4.06. The van der Waals surface area contributed by atoms with E-state index in [2.05, 4.69) is 4.74 Å². The molecule has 0 heterocycles. The largest absolute Gasteiger partial charge is 0.531 e. The van der Waals surface area contributed by atoms with Crippen molar-refractivity contribution >= 4 is 40.8 Å². The summed E-state index contributed by atoms with van der Waals surface area (Å²) in [5.41, 5.74) is 2.51. The molecule has 0 saturated carbocycles. The normalized spacial score (nSPS) is 13.7. The van der Waals surface area contributed by atoms with E-state index in [4.69, 9.17) is 0 Å². The molecule has 0 aliphatic heterocycles. The molecule has 5 nitrogen and oxygen atoms in total. The van der Waals surface area contributed by atoms with E-state index in [0.29, 0.717) is 17.6 Å². The molecule has 0 aliphatic rings. The molecule has 1 N–H and O–H groups in total. The fourth-order valence-electron chi connectivity index (χ4n) is 1.88. The van der Waals surface area contributed by atoms with Gasteiger partial charge in [0.05, 0.1) is 14.2 Å². The number of carboxylic acid groups (broad SMARTS) is 1. The average molecular weight is 316 g/mol. The zero-order valence-electron chi connectivity index (χ0n) is 12.1. The lowest BCUT2D eigenvalue weighted by atomic mass is 10.1. The van der Waals surface area contributed by atoms with Gasteiger partial charge >= 0.3 is 11.4 Å². The van der Waals surface area contributed by atoms with Gasteiger partial charge in [-0.1, -0.05) is 0 Å². The minimum absolute atomic E-state index is 0.528.